The fraction of sp³-hybridized carbons (Fsp3) is 0.115. The van der Waals surface area contributed by atoms with Crippen LogP contribution >= 0.6 is 0 Å². The van der Waals surface area contributed by atoms with Crippen molar-refractivity contribution in [3.05, 3.63) is 100 Å². The van der Waals surface area contributed by atoms with E-state index in [1.165, 1.54) is 6.07 Å². The van der Waals surface area contributed by atoms with Crippen LogP contribution in [-0.4, -0.2) is 25.0 Å². The van der Waals surface area contributed by atoms with E-state index in [4.69, 9.17) is 9.15 Å². The Morgan fingerprint density at radius 1 is 0.939 bits per heavy atom. The molecule has 7 heteroatoms. The molecule has 2 heterocycles. The van der Waals surface area contributed by atoms with E-state index in [9.17, 15) is 14.4 Å². The number of rotatable bonds is 5. The number of carbonyl (C=O) groups is 2. The number of para-hydroxylation sites is 1. The van der Waals surface area contributed by atoms with Crippen molar-refractivity contribution in [1.82, 2.24) is 0 Å². The molecule has 1 aromatic heterocycles. The first-order valence-corrected chi connectivity index (χ1v) is 10.5. The average molecular weight is 440 g/mol. The van der Waals surface area contributed by atoms with E-state index in [-0.39, 0.29) is 18.1 Å². The number of hydrogen-bond acceptors (Lipinski definition) is 5. The Morgan fingerprint density at radius 3 is 2.58 bits per heavy atom. The van der Waals surface area contributed by atoms with Gasteiger partial charge in [0.25, 0.3) is 11.8 Å². The first kappa shape index (κ1) is 20.5. The lowest BCUT2D eigenvalue weighted by Gasteiger charge is -2.30. The zero-order chi connectivity index (χ0) is 22.8. The topological polar surface area (TPSA) is 88.8 Å². The minimum Gasteiger partial charge on any atom is -0.482 e. The molecule has 0 aliphatic carbocycles. The molecular formula is C26H20N2O5. The maximum Gasteiger partial charge on any atom is 0.349 e. The van der Waals surface area contributed by atoms with E-state index < -0.39 is 11.5 Å². The molecule has 164 valence electrons. The summed E-state index contributed by atoms with van der Waals surface area (Å²) in [5, 5.41) is 3.38. The normalized spacial score (nSPS) is 12.8. The minimum absolute atomic E-state index is 0.0361. The highest BCUT2D eigenvalue weighted by atomic mass is 16.5. The van der Waals surface area contributed by atoms with Crippen molar-refractivity contribution >= 4 is 34.2 Å². The van der Waals surface area contributed by atoms with Crippen LogP contribution in [0.1, 0.15) is 15.9 Å². The van der Waals surface area contributed by atoms with Gasteiger partial charge in [-0.15, -0.1) is 0 Å². The fourth-order valence-electron chi connectivity index (χ4n) is 3.83. The number of ether oxygens (including phenoxy) is 1. The molecule has 5 rings (SSSR count). The first-order valence-electron chi connectivity index (χ1n) is 10.5. The number of nitrogens with zero attached hydrogens (tertiary/aromatic N) is 1. The zero-order valence-corrected chi connectivity index (χ0v) is 17.6. The maximum absolute atomic E-state index is 12.8. The first-order chi connectivity index (χ1) is 16.1. The summed E-state index contributed by atoms with van der Waals surface area (Å²) in [6.45, 7) is 0.441. The fourth-order valence-corrected chi connectivity index (χ4v) is 3.83. The zero-order valence-electron chi connectivity index (χ0n) is 17.6. The van der Waals surface area contributed by atoms with Crippen molar-refractivity contribution in [3.63, 3.8) is 0 Å². The summed E-state index contributed by atoms with van der Waals surface area (Å²) in [5.41, 5.74) is 1.73. The molecule has 0 saturated carbocycles. The highest BCUT2D eigenvalue weighted by Crippen LogP contribution is 2.35. The molecule has 0 radical (unpaired) electrons. The van der Waals surface area contributed by atoms with Crippen LogP contribution in [0.5, 0.6) is 5.75 Å². The number of amides is 2. The number of benzene rings is 3. The van der Waals surface area contributed by atoms with Crippen molar-refractivity contribution in [2.45, 2.75) is 6.42 Å². The summed E-state index contributed by atoms with van der Waals surface area (Å²) < 4.78 is 10.8. The van der Waals surface area contributed by atoms with Crippen molar-refractivity contribution < 1.29 is 18.7 Å². The van der Waals surface area contributed by atoms with E-state index in [2.05, 4.69) is 5.32 Å². The van der Waals surface area contributed by atoms with Gasteiger partial charge in [-0.05, 0) is 42.3 Å². The van der Waals surface area contributed by atoms with E-state index in [1.807, 2.05) is 30.3 Å². The monoisotopic (exact) mass is 440 g/mol. The molecule has 0 unspecified atom stereocenters. The molecule has 7 nitrogen and oxygen atoms in total. The van der Waals surface area contributed by atoms with Gasteiger partial charge in [0.15, 0.2) is 6.61 Å². The molecule has 4 aromatic rings. The molecule has 33 heavy (non-hydrogen) atoms. The van der Waals surface area contributed by atoms with Crippen LogP contribution in [0.25, 0.3) is 11.0 Å². The molecule has 0 spiro atoms. The Kier molecular flexibility index (Phi) is 5.36. The number of hydrogen-bond donors (Lipinski definition) is 1. The largest absolute Gasteiger partial charge is 0.482 e. The Hall–Kier alpha value is -4.39. The summed E-state index contributed by atoms with van der Waals surface area (Å²) in [6, 6.07) is 23.4. The molecule has 1 N–H and O–H groups in total. The van der Waals surface area contributed by atoms with Crippen molar-refractivity contribution in [1.29, 1.82) is 0 Å². The molecule has 1 aliphatic rings. The quantitative estimate of drug-likeness (QED) is 0.474. The average Bonchev–Trinajstić information content (AvgIpc) is 2.83. The van der Waals surface area contributed by atoms with Gasteiger partial charge in [0.1, 0.15) is 16.9 Å². The van der Waals surface area contributed by atoms with Crippen LogP contribution in [0, 0.1) is 0 Å². The number of fused-ring (bicyclic) bond motifs is 2. The van der Waals surface area contributed by atoms with Gasteiger partial charge in [-0.3, -0.25) is 9.59 Å². The summed E-state index contributed by atoms with van der Waals surface area (Å²) >= 11 is 0. The van der Waals surface area contributed by atoms with Gasteiger partial charge in [0.05, 0.1) is 5.69 Å². The van der Waals surface area contributed by atoms with Gasteiger partial charge in [-0.1, -0.05) is 48.5 Å². The van der Waals surface area contributed by atoms with Gasteiger partial charge in [0, 0.05) is 17.6 Å². The summed E-state index contributed by atoms with van der Waals surface area (Å²) in [7, 11) is 0. The van der Waals surface area contributed by atoms with Gasteiger partial charge in [-0.25, -0.2) is 4.79 Å². The molecule has 0 saturated heterocycles. The molecule has 0 atom stereocenters. The third-order valence-corrected chi connectivity index (χ3v) is 5.51. The van der Waals surface area contributed by atoms with E-state index in [0.29, 0.717) is 41.1 Å². The van der Waals surface area contributed by atoms with Crippen LogP contribution in [-0.2, 0) is 11.2 Å². The molecule has 3 aromatic carbocycles. The second-order valence-electron chi connectivity index (χ2n) is 7.69. The third-order valence-electron chi connectivity index (χ3n) is 5.51. The number of carbonyl (C=O) groups excluding carboxylic acids is 2. The van der Waals surface area contributed by atoms with Crippen LogP contribution in [0.3, 0.4) is 0 Å². The second-order valence-corrected chi connectivity index (χ2v) is 7.69. The lowest BCUT2D eigenvalue weighted by Crippen LogP contribution is -2.40. The summed E-state index contributed by atoms with van der Waals surface area (Å²) in [6.07, 6.45) is 0.681. The van der Waals surface area contributed by atoms with E-state index in [0.717, 1.165) is 5.56 Å². The Balaban J connectivity index is 1.40. The highest BCUT2D eigenvalue weighted by Gasteiger charge is 2.26. The molecule has 0 bridgehead atoms. The standard InChI is InChI=1S/C26H20N2O5/c29-24-16-32-23-11-10-19(15-21(23)28(24)13-12-17-6-2-1-3-7-17)27-25(30)20-14-18-8-4-5-9-22(18)33-26(20)31/h1-11,14-15H,12-13,16H2,(H,27,30). The predicted octanol–water partition coefficient (Wildman–Crippen LogP) is 4.01. The van der Waals surface area contributed by atoms with Crippen LogP contribution in [0.15, 0.2) is 88.1 Å². The van der Waals surface area contributed by atoms with Gasteiger partial charge in [-0.2, -0.15) is 0 Å². The Labute approximate surface area is 189 Å². The van der Waals surface area contributed by atoms with Crippen molar-refractivity contribution in [3.8, 4) is 5.75 Å². The third kappa shape index (κ3) is 4.21. The van der Waals surface area contributed by atoms with Crippen LogP contribution in [0.2, 0.25) is 0 Å². The second kappa shape index (κ2) is 8.63. The van der Waals surface area contributed by atoms with Crippen LogP contribution in [0.4, 0.5) is 11.4 Å². The Bertz CT molecular complexity index is 1410. The number of anilines is 2. The molecular weight excluding hydrogens is 420 g/mol. The lowest BCUT2D eigenvalue weighted by molar-refractivity contribution is -0.121. The molecule has 2 amide bonds. The minimum atomic E-state index is -0.716. The van der Waals surface area contributed by atoms with Gasteiger partial charge >= 0.3 is 5.63 Å². The van der Waals surface area contributed by atoms with E-state index >= 15 is 0 Å². The molecule has 1 aliphatic heterocycles. The van der Waals surface area contributed by atoms with Crippen molar-refractivity contribution in [2.75, 3.05) is 23.4 Å². The smallest absolute Gasteiger partial charge is 0.349 e. The predicted molar refractivity (Wildman–Crippen MR) is 125 cm³/mol. The lowest BCUT2D eigenvalue weighted by atomic mass is 10.1. The maximum atomic E-state index is 12.8. The summed E-state index contributed by atoms with van der Waals surface area (Å²) in [4.78, 5) is 39.4. The summed E-state index contributed by atoms with van der Waals surface area (Å²) in [5.74, 6) is -0.184. The number of nitrogens with one attached hydrogen (secondary N) is 1. The Morgan fingerprint density at radius 2 is 1.73 bits per heavy atom. The SMILES string of the molecule is O=C(Nc1ccc2c(c1)N(CCc1ccccc1)C(=O)CO2)c1cc2ccccc2oc1=O. The molecule has 0 fully saturated rings. The van der Waals surface area contributed by atoms with Gasteiger partial charge < -0.3 is 19.4 Å². The van der Waals surface area contributed by atoms with Gasteiger partial charge in [0.2, 0.25) is 0 Å². The van der Waals surface area contributed by atoms with Crippen molar-refractivity contribution in [2.24, 2.45) is 0 Å². The highest BCUT2D eigenvalue weighted by molar-refractivity contribution is 6.06. The van der Waals surface area contributed by atoms with Crippen LogP contribution < -0.4 is 20.6 Å². The van der Waals surface area contributed by atoms with E-state index in [1.54, 1.807) is 47.4 Å².